The molecule has 0 aliphatic heterocycles. The lowest BCUT2D eigenvalue weighted by Crippen LogP contribution is -2.57. The van der Waals surface area contributed by atoms with E-state index in [0.717, 1.165) is 0 Å². The fourth-order valence-electron chi connectivity index (χ4n) is 2.91. The number of ether oxygens (including phenoxy) is 1. The lowest BCUT2D eigenvalue weighted by molar-refractivity contribution is -0.0965. The van der Waals surface area contributed by atoms with Crippen LogP contribution in [0, 0.1) is 0 Å². The van der Waals surface area contributed by atoms with Crippen LogP contribution in [0.2, 0.25) is 78.6 Å². The van der Waals surface area contributed by atoms with Crippen LogP contribution < -0.4 is 0 Å². The molecule has 0 radical (unpaired) electrons. The molecular formula is C20H49NO6Si4. The van der Waals surface area contributed by atoms with Crippen LogP contribution in [-0.2, 0) is 27.3 Å². The van der Waals surface area contributed by atoms with E-state index < -0.39 is 45.5 Å². The summed E-state index contributed by atoms with van der Waals surface area (Å²) in [7, 11) is -4.30. The molecule has 0 aromatic carbocycles. The summed E-state index contributed by atoms with van der Waals surface area (Å²) in [5, 5.41) is 4.01. The van der Waals surface area contributed by atoms with Gasteiger partial charge in [0.1, 0.15) is 25.4 Å². The van der Waals surface area contributed by atoms with Gasteiger partial charge in [-0.05, 0) is 78.6 Å². The Labute approximate surface area is 195 Å². The van der Waals surface area contributed by atoms with Crippen LogP contribution in [0.5, 0.6) is 0 Å². The van der Waals surface area contributed by atoms with Gasteiger partial charge in [-0.25, -0.2) is 0 Å². The minimum absolute atomic E-state index is 0.265. The summed E-state index contributed by atoms with van der Waals surface area (Å²) >= 11 is 0. The SMILES string of the molecule is CO/N=C/C(O[Si](C)(C)C)C(OC)C(O[Si](C)(C)C)C(CO[Si](C)(C)C)O[Si](C)(C)C. The van der Waals surface area contributed by atoms with Gasteiger partial charge in [0, 0.05) is 7.11 Å². The summed E-state index contributed by atoms with van der Waals surface area (Å²) in [6, 6.07) is 0. The van der Waals surface area contributed by atoms with Crippen molar-refractivity contribution >= 4 is 39.5 Å². The van der Waals surface area contributed by atoms with E-state index >= 15 is 0 Å². The molecule has 0 fully saturated rings. The average Bonchev–Trinajstić information content (AvgIpc) is 2.51. The van der Waals surface area contributed by atoms with Gasteiger partial charge < -0.3 is 27.3 Å². The normalized spacial score (nSPS) is 18.1. The maximum Gasteiger partial charge on any atom is 0.184 e. The van der Waals surface area contributed by atoms with Crippen molar-refractivity contribution in [1.29, 1.82) is 0 Å². The van der Waals surface area contributed by atoms with Crippen molar-refractivity contribution in [2.45, 2.75) is 103 Å². The van der Waals surface area contributed by atoms with E-state index in [1.807, 2.05) is 0 Å². The van der Waals surface area contributed by atoms with E-state index in [2.05, 4.69) is 83.7 Å². The van der Waals surface area contributed by atoms with Crippen LogP contribution >= 0.6 is 0 Å². The maximum atomic E-state index is 6.72. The third kappa shape index (κ3) is 15.6. The molecule has 0 spiro atoms. The van der Waals surface area contributed by atoms with Gasteiger partial charge >= 0.3 is 0 Å². The summed E-state index contributed by atoms with van der Waals surface area (Å²) in [5.74, 6) is 0. The Morgan fingerprint density at radius 3 is 1.48 bits per heavy atom. The highest BCUT2D eigenvalue weighted by Crippen LogP contribution is 2.26. The topological polar surface area (TPSA) is 67.7 Å². The van der Waals surface area contributed by atoms with Crippen LogP contribution in [-0.4, -0.2) is 84.7 Å². The van der Waals surface area contributed by atoms with Gasteiger partial charge in [-0.15, -0.1) is 0 Å². The first kappa shape index (κ1) is 31.1. The summed E-state index contributed by atoms with van der Waals surface area (Å²) in [4.78, 5) is 4.97. The molecule has 4 atom stereocenters. The Kier molecular flexibility index (Phi) is 12.6. The lowest BCUT2D eigenvalue weighted by Gasteiger charge is -2.42. The molecule has 0 heterocycles. The predicted molar refractivity (Wildman–Crippen MR) is 140 cm³/mol. The first-order valence-corrected chi connectivity index (χ1v) is 24.7. The quantitative estimate of drug-likeness (QED) is 0.172. The van der Waals surface area contributed by atoms with Crippen LogP contribution in [0.1, 0.15) is 0 Å². The Morgan fingerprint density at radius 1 is 0.645 bits per heavy atom. The summed E-state index contributed by atoms with van der Waals surface area (Å²) in [6.45, 7) is 26.5. The second-order valence-corrected chi connectivity index (χ2v) is 29.6. The Bertz CT molecular complexity index is 538. The van der Waals surface area contributed by atoms with Crippen molar-refractivity contribution in [3.05, 3.63) is 0 Å². The first-order chi connectivity index (χ1) is 13.8. The Morgan fingerprint density at radius 2 is 1.13 bits per heavy atom. The molecule has 0 aliphatic rings. The molecule has 0 N–H and O–H groups in total. The lowest BCUT2D eigenvalue weighted by atomic mass is 10.0. The van der Waals surface area contributed by atoms with Gasteiger partial charge in [-0.2, -0.15) is 0 Å². The molecule has 0 aliphatic carbocycles. The maximum absolute atomic E-state index is 6.72. The van der Waals surface area contributed by atoms with Crippen LogP contribution in [0.4, 0.5) is 0 Å². The highest BCUT2D eigenvalue weighted by atomic mass is 28.4. The summed E-state index contributed by atoms with van der Waals surface area (Å²) < 4.78 is 32.2. The standard InChI is InChI=1S/C20H49NO6Si4/c1-22-19(17(15-21-23-2)25-29(6,7)8)20(27-31(12,13)14)18(26-30(9,10)11)16-24-28(3,4)5/h15,17-20H,16H2,1-14H3/b21-15+. The van der Waals surface area contributed by atoms with Gasteiger partial charge in [0.2, 0.25) is 0 Å². The summed E-state index contributed by atoms with van der Waals surface area (Å²) in [5.41, 5.74) is 0. The van der Waals surface area contributed by atoms with Crippen molar-refractivity contribution in [3.63, 3.8) is 0 Å². The molecular weight excluding hydrogens is 463 g/mol. The van der Waals surface area contributed by atoms with E-state index in [0.29, 0.717) is 6.61 Å². The molecule has 11 heteroatoms. The molecule has 31 heavy (non-hydrogen) atoms. The Hall–Kier alpha value is 0.138. The van der Waals surface area contributed by atoms with Crippen LogP contribution in [0.3, 0.4) is 0 Å². The van der Waals surface area contributed by atoms with Crippen molar-refractivity contribution in [3.8, 4) is 0 Å². The van der Waals surface area contributed by atoms with E-state index in [1.54, 1.807) is 13.3 Å². The van der Waals surface area contributed by atoms with Gasteiger partial charge in [0.15, 0.2) is 33.3 Å². The first-order valence-electron chi connectivity index (χ1n) is 11.0. The predicted octanol–water partition coefficient (Wildman–Crippen LogP) is 5.15. The largest absolute Gasteiger partial charge is 0.415 e. The minimum Gasteiger partial charge on any atom is -0.415 e. The zero-order chi connectivity index (χ0) is 24.7. The van der Waals surface area contributed by atoms with Gasteiger partial charge in [-0.1, -0.05) is 5.16 Å². The molecule has 7 nitrogen and oxygen atoms in total. The number of hydrogen-bond donors (Lipinski definition) is 0. The zero-order valence-corrected chi connectivity index (χ0v) is 26.5. The number of oxime groups is 1. The molecule has 0 aromatic rings. The fourth-order valence-corrected chi connectivity index (χ4v) is 6.80. The van der Waals surface area contributed by atoms with Gasteiger partial charge in [0.25, 0.3) is 0 Å². The molecule has 0 aromatic heterocycles. The highest BCUT2D eigenvalue weighted by Gasteiger charge is 2.42. The van der Waals surface area contributed by atoms with E-state index in [-0.39, 0.29) is 12.2 Å². The molecule has 0 rings (SSSR count). The zero-order valence-electron chi connectivity index (χ0n) is 22.5. The molecule has 0 saturated carbocycles. The third-order valence-corrected chi connectivity index (χ3v) is 7.77. The molecule has 0 bridgehead atoms. The van der Waals surface area contributed by atoms with Gasteiger partial charge in [0.05, 0.1) is 18.9 Å². The van der Waals surface area contributed by atoms with Crippen molar-refractivity contribution in [2.75, 3.05) is 20.8 Å². The molecule has 4 unspecified atom stereocenters. The summed E-state index contributed by atoms with van der Waals surface area (Å²) in [6.07, 6.45) is 0.224. The number of methoxy groups -OCH3 is 1. The van der Waals surface area contributed by atoms with Crippen molar-refractivity contribution in [1.82, 2.24) is 0 Å². The fraction of sp³-hybridized carbons (Fsp3) is 0.950. The van der Waals surface area contributed by atoms with E-state index in [1.165, 1.54) is 7.11 Å². The van der Waals surface area contributed by atoms with Crippen LogP contribution in [0.15, 0.2) is 5.16 Å². The van der Waals surface area contributed by atoms with E-state index in [9.17, 15) is 0 Å². The van der Waals surface area contributed by atoms with Crippen molar-refractivity contribution < 1.29 is 27.3 Å². The second-order valence-electron chi connectivity index (χ2n) is 11.7. The highest BCUT2D eigenvalue weighted by molar-refractivity contribution is 6.71. The average molecular weight is 512 g/mol. The second kappa shape index (κ2) is 12.6. The number of rotatable bonds is 15. The van der Waals surface area contributed by atoms with Crippen molar-refractivity contribution in [2.24, 2.45) is 5.16 Å². The number of nitrogens with zero attached hydrogens (tertiary/aromatic N) is 1. The smallest absolute Gasteiger partial charge is 0.184 e. The number of hydrogen-bond acceptors (Lipinski definition) is 7. The van der Waals surface area contributed by atoms with Gasteiger partial charge in [-0.3, -0.25) is 0 Å². The molecule has 0 saturated heterocycles. The molecule has 0 amide bonds. The van der Waals surface area contributed by atoms with E-state index in [4.69, 9.17) is 27.3 Å². The Balaban J connectivity index is 6.28. The minimum atomic E-state index is -1.96. The monoisotopic (exact) mass is 511 g/mol. The molecule has 186 valence electrons. The van der Waals surface area contributed by atoms with Crippen LogP contribution in [0.25, 0.3) is 0 Å². The third-order valence-electron chi connectivity index (χ3n) is 3.76.